The highest BCUT2D eigenvalue weighted by Gasteiger charge is 2.27. The van der Waals surface area contributed by atoms with E-state index >= 15 is 0 Å². The van der Waals surface area contributed by atoms with Gasteiger partial charge < -0.3 is 35.6 Å². The molecule has 1 fully saturated rings. The number of aliphatic carboxylic acids is 4. The van der Waals surface area contributed by atoms with Gasteiger partial charge in [0.05, 0.1) is 32.3 Å². The molecular weight excluding hydrogens is 444 g/mol. The third kappa shape index (κ3) is 13.7. The quantitative estimate of drug-likeness (QED) is 0.165. The number of nitrogens with zero attached hydrogens (tertiary/aromatic N) is 3. The maximum atomic E-state index is 11.4. The first-order chi connectivity index (χ1) is 15.6. The molecule has 6 N–H and O–H groups in total. The molecule has 1 aliphatic rings. The molecule has 2 unspecified atom stereocenters. The van der Waals surface area contributed by atoms with Crippen LogP contribution in [-0.2, 0) is 23.9 Å². The van der Waals surface area contributed by atoms with Crippen LogP contribution in [0.4, 0.5) is 0 Å². The van der Waals surface area contributed by atoms with E-state index in [-0.39, 0.29) is 52.3 Å². The summed E-state index contributed by atoms with van der Waals surface area (Å²) in [5.74, 6) is -4.37. The van der Waals surface area contributed by atoms with Gasteiger partial charge in [0.15, 0.2) is 0 Å². The molecule has 14 nitrogen and oxygen atoms in total. The number of carbonyl (C=O) groups is 4. The molecule has 0 saturated carbocycles. The topological polar surface area (TPSA) is 200 Å². The van der Waals surface area contributed by atoms with Crippen LogP contribution in [0.15, 0.2) is 0 Å². The number of carboxylic acid groups (broad SMARTS) is 4. The fraction of sp³-hybridized carbons (Fsp3) is 0.789. The van der Waals surface area contributed by atoms with Crippen molar-refractivity contribution in [3.8, 4) is 0 Å². The maximum absolute atomic E-state index is 11.4. The first-order valence-electron chi connectivity index (χ1n) is 10.6. The molecule has 33 heavy (non-hydrogen) atoms. The van der Waals surface area contributed by atoms with Gasteiger partial charge >= 0.3 is 23.9 Å². The number of rotatable bonds is 12. The number of ether oxygens (including phenoxy) is 1. The molecule has 14 heteroatoms. The Hall–Kier alpha value is -2.36. The molecule has 0 aromatic rings. The lowest BCUT2D eigenvalue weighted by Crippen LogP contribution is -2.53. The van der Waals surface area contributed by atoms with Gasteiger partial charge in [0, 0.05) is 51.9 Å². The van der Waals surface area contributed by atoms with Crippen LogP contribution in [0.5, 0.6) is 0 Å². The standard InChI is InChI=1S/C19H34N4O10/c24-15(12-33-13-19(31)32)7-14-8-22(10-17(27)28)6-5-21(9-16(25)26)3-1-20-2-4-23(14)11-18(29)30/h14-15,20,24H,1-13H2,(H,25,26)(H,27,28)(H,29,30)(H,31,32). The second-order valence-corrected chi connectivity index (χ2v) is 7.87. The van der Waals surface area contributed by atoms with Gasteiger partial charge in [0.2, 0.25) is 0 Å². The molecule has 2 atom stereocenters. The summed E-state index contributed by atoms with van der Waals surface area (Å²) in [6.07, 6.45) is -1.07. The van der Waals surface area contributed by atoms with Gasteiger partial charge in [0.25, 0.3) is 0 Å². The van der Waals surface area contributed by atoms with Crippen LogP contribution < -0.4 is 5.32 Å². The van der Waals surface area contributed by atoms with Crippen LogP contribution >= 0.6 is 0 Å². The maximum Gasteiger partial charge on any atom is 0.329 e. The second-order valence-electron chi connectivity index (χ2n) is 7.87. The van der Waals surface area contributed by atoms with Crippen LogP contribution in [0, 0.1) is 0 Å². The monoisotopic (exact) mass is 478 g/mol. The zero-order chi connectivity index (χ0) is 24.8. The number of aliphatic hydroxyl groups excluding tert-OH is 1. The molecule has 190 valence electrons. The molecule has 0 aliphatic carbocycles. The predicted octanol–water partition coefficient (Wildman–Crippen LogP) is -3.03. The molecule has 0 radical (unpaired) electrons. The van der Waals surface area contributed by atoms with Crippen LogP contribution in [0.25, 0.3) is 0 Å². The zero-order valence-electron chi connectivity index (χ0n) is 18.5. The normalized spacial score (nSPS) is 20.9. The van der Waals surface area contributed by atoms with Crippen LogP contribution in [0.2, 0.25) is 0 Å². The van der Waals surface area contributed by atoms with E-state index in [2.05, 4.69) is 5.32 Å². The van der Waals surface area contributed by atoms with Crippen molar-refractivity contribution >= 4 is 23.9 Å². The van der Waals surface area contributed by atoms with Crippen LogP contribution in [0.1, 0.15) is 6.42 Å². The summed E-state index contributed by atoms with van der Waals surface area (Å²) in [4.78, 5) is 49.5. The minimum Gasteiger partial charge on any atom is -0.480 e. The zero-order valence-corrected chi connectivity index (χ0v) is 18.5. The molecule has 1 heterocycles. The van der Waals surface area contributed by atoms with Gasteiger partial charge in [-0.25, -0.2) is 4.79 Å². The van der Waals surface area contributed by atoms with Crippen molar-refractivity contribution in [2.75, 3.05) is 78.7 Å². The Kier molecular flexibility index (Phi) is 13.4. The number of aliphatic hydroxyl groups is 1. The Morgan fingerprint density at radius 1 is 0.818 bits per heavy atom. The van der Waals surface area contributed by atoms with Gasteiger partial charge in [0.1, 0.15) is 6.61 Å². The lowest BCUT2D eigenvalue weighted by atomic mass is 10.1. The number of hydrogen-bond acceptors (Lipinski definition) is 10. The molecule has 0 spiro atoms. The molecule has 0 amide bonds. The highest BCUT2D eigenvalue weighted by atomic mass is 16.5. The van der Waals surface area contributed by atoms with E-state index in [0.29, 0.717) is 26.2 Å². The Labute approximate surface area is 191 Å². The van der Waals surface area contributed by atoms with E-state index in [1.165, 1.54) is 0 Å². The van der Waals surface area contributed by atoms with E-state index in [1.54, 1.807) is 14.7 Å². The van der Waals surface area contributed by atoms with Gasteiger partial charge in [-0.15, -0.1) is 0 Å². The van der Waals surface area contributed by atoms with E-state index < -0.39 is 42.6 Å². The smallest absolute Gasteiger partial charge is 0.329 e. The highest BCUT2D eigenvalue weighted by Crippen LogP contribution is 2.12. The molecule has 1 rings (SSSR count). The Morgan fingerprint density at radius 3 is 2.00 bits per heavy atom. The van der Waals surface area contributed by atoms with E-state index in [1.807, 2.05) is 0 Å². The Morgan fingerprint density at radius 2 is 1.39 bits per heavy atom. The van der Waals surface area contributed by atoms with Crippen molar-refractivity contribution in [1.29, 1.82) is 0 Å². The third-order valence-corrected chi connectivity index (χ3v) is 5.03. The second kappa shape index (κ2) is 15.5. The summed E-state index contributed by atoms with van der Waals surface area (Å²) in [6.45, 7) is 0.464. The van der Waals surface area contributed by atoms with E-state index in [4.69, 9.17) is 14.9 Å². The first-order valence-corrected chi connectivity index (χ1v) is 10.6. The van der Waals surface area contributed by atoms with Crippen LogP contribution in [0.3, 0.4) is 0 Å². The highest BCUT2D eigenvalue weighted by molar-refractivity contribution is 5.70. The fourth-order valence-corrected chi connectivity index (χ4v) is 3.62. The van der Waals surface area contributed by atoms with Crippen molar-refractivity contribution < 1.29 is 49.4 Å². The Balaban J connectivity index is 3.02. The summed E-state index contributed by atoms with van der Waals surface area (Å²) < 4.78 is 4.93. The van der Waals surface area contributed by atoms with Crippen molar-refractivity contribution in [3.05, 3.63) is 0 Å². The van der Waals surface area contributed by atoms with Gasteiger partial charge in [-0.1, -0.05) is 0 Å². The van der Waals surface area contributed by atoms with Crippen molar-refractivity contribution in [2.24, 2.45) is 0 Å². The van der Waals surface area contributed by atoms with Gasteiger partial charge in [-0.2, -0.15) is 0 Å². The lowest BCUT2D eigenvalue weighted by molar-refractivity contribution is -0.144. The summed E-state index contributed by atoms with van der Waals surface area (Å²) in [5.41, 5.74) is 0. The van der Waals surface area contributed by atoms with Crippen molar-refractivity contribution in [1.82, 2.24) is 20.0 Å². The van der Waals surface area contributed by atoms with E-state index in [0.717, 1.165) is 0 Å². The number of hydrogen-bond donors (Lipinski definition) is 6. The number of nitrogens with one attached hydrogen (secondary N) is 1. The third-order valence-electron chi connectivity index (χ3n) is 5.03. The first kappa shape index (κ1) is 28.7. The average Bonchev–Trinajstić information content (AvgIpc) is 2.67. The summed E-state index contributed by atoms with van der Waals surface area (Å²) in [5, 5.41) is 50.0. The van der Waals surface area contributed by atoms with Gasteiger partial charge in [-0.05, 0) is 6.42 Å². The number of carboxylic acids is 4. The summed E-state index contributed by atoms with van der Waals surface area (Å²) in [6, 6.07) is -0.571. The average molecular weight is 478 g/mol. The van der Waals surface area contributed by atoms with Gasteiger partial charge in [-0.3, -0.25) is 29.1 Å². The predicted molar refractivity (Wildman–Crippen MR) is 113 cm³/mol. The minimum absolute atomic E-state index is 0.0296. The molecule has 0 aromatic carbocycles. The lowest BCUT2D eigenvalue weighted by Gasteiger charge is -2.36. The minimum atomic E-state index is -1.19. The van der Waals surface area contributed by atoms with E-state index in [9.17, 15) is 34.5 Å². The summed E-state index contributed by atoms with van der Waals surface area (Å²) in [7, 11) is 0. The largest absolute Gasteiger partial charge is 0.480 e. The SMILES string of the molecule is O=C(O)COCC(O)CC1CN(CC(=O)O)CCN(CC(=O)O)CCNCCN1CC(=O)O. The summed E-state index contributed by atoms with van der Waals surface area (Å²) >= 11 is 0. The fourth-order valence-electron chi connectivity index (χ4n) is 3.62. The van der Waals surface area contributed by atoms with Crippen molar-refractivity contribution in [3.63, 3.8) is 0 Å². The molecular formula is C19H34N4O10. The molecule has 1 saturated heterocycles. The Bertz CT molecular complexity index is 650. The van der Waals surface area contributed by atoms with Crippen LogP contribution in [-0.4, -0.2) is 155 Å². The van der Waals surface area contributed by atoms with Crippen molar-refractivity contribution in [2.45, 2.75) is 18.6 Å². The molecule has 0 bridgehead atoms. The molecule has 0 aromatic heterocycles. The molecule has 1 aliphatic heterocycles.